The highest BCUT2D eigenvalue weighted by Gasteiger charge is 2.13. The molecule has 1 aromatic heterocycles. The van der Waals surface area contributed by atoms with Gasteiger partial charge in [0.05, 0.1) is 0 Å². The van der Waals surface area contributed by atoms with Gasteiger partial charge in [0.15, 0.2) is 17.4 Å². The number of nitrogens with zero attached hydrogens (tertiary/aromatic N) is 1. The molecule has 0 aliphatic heterocycles. The largest absolute Gasteiger partial charge is 0.294 e. The van der Waals surface area contributed by atoms with Crippen molar-refractivity contribution in [3.63, 3.8) is 0 Å². The number of Topliss-reactive ketones (excluding diaryl/α,β-unsaturated/α-hetero) is 1. The van der Waals surface area contributed by atoms with Crippen LogP contribution in [0.3, 0.4) is 0 Å². The molecule has 0 aliphatic carbocycles. The molecule has 0 unspecified atom stereocenters. The van der Waals surface area contributed by atoms with Crippen molar-refractivity contribution < 1.29 is 13.6 Å². The lowest BCUT2D eigenvalue weighted by atomic mass is 10.0. The number of rotatable bonds is 3. The summed E-state index contributed by atoms with van der Waals surface area (Å²) in [5, 5.41) is 0. The second-order valence-electron chi connectivity index (χ2n) is 4.45. The van der Waals surface area contributed by atoms with Gasteiger partial charge in [-0.25, -0.2) is 8.78 Å². The molecule has 0 saturated carbocycles. The molecule has 98 valence electrons. The lowest BCUT2D eigenvalue weighted by molar-refractivity contribution is 0.0991. The van der Waals surface area contributed by atoms with Crippen LogP contribution in [0.1, 0.15) is 27.3 Å². The maximum absolute atomic E-state index is 13.5. The summed E-state index contributed by atoms with van der Waals surface area (Å²) >= 11 is 0. The van der Waals surface area contributed by atoms with E-state index in [4.69, 9.17) is 0 Å². The Morgan fingerprint density at radius 2 is 1.79 bits per heavy atom. The van der Waals surface area contributed by atoms with E-state index in [1.165, 1.54) is 12.1 Å². The van der Waals surface area contributed by atoms with Gasteiger partial charge in [-0.05, 0) is 37.6 Å². The van der Waals surface area contributed by atoms with Gasteiger partial charge in [-0.1, -0.05) is 12.1 Å². The highest BCUT2D eigenvalue weighted by Crippen LogP contribution is 2.15. The Bertz CT molecular complexity index is 618. The highest BCUT2D eigenvalue weighted by atomic mass is 19.2. The van der Waals surface area contributed by atoms with Crippen molar-refractivity contribution in [1.82, 2.24) is 4.98 Å². The van der Waals surface area contributed by atoms with Crippen molar-refractivity contribution >= 4 is 5.78 Å². The summed E-state index contributed by atoms with van der Waals surface area (Å²) in [5.74, 6) is -2.15. The lowest BCUT2D eigenvalue weighted by Crippen LogP contribution is -2.07. The van der Waals surface area contributed by atoms with Gasteiger partial charge in [0.2, 0.25) is 0 Å². The fourth-order valence-electron chi connectivity index (χ4n) is 1.96. The molecule has 0 bridgehead atoms. The quantitative estimate of drug-likeness (QED) is 0.792. The van der Waals surface area contributed by atoms with Crippen molar-refractivity contribution in [3.05, 3.63) is 64.5 Å². The van der Waals surface area contributed by atoms with Gasteiger partial charge in [0.1, 0.15) is 0 Å². The Hall–Kier alpha value is -2.10. The van der Waals surface area contributed by atoms with Gasteiger partial charge in [0, 0.05) is 23.4 Å². The zero-order chi connectivity index (χ0) is 14.0. The molecule has 0 saturated heterocycles. The van der Waals surface area contributed by atoms with E-state index < -0.39 is 11.6 Å². The summed E-state index contributed by atoms with van der Waals surface area (Å²) in [4.78, 5) is 16.2. The van der Waals surface area contributed by atoms with Gasteiger partial charge < -0.3 is 0 Å². The van der Waals surface area contributed by atoms with Crippen LogP contribution in [-0.2, 0) is 6.42 Å². The van der Waals surface area contributed by atoms with Gasteiger partial charge in [0.25, 0.3) is 0 Å². The number of aryl methyl sites for hydroxylation is 2. The number of carbonyl (C=O) groups excluding carboxylic acids is 1. The third kappa shape index (κ3) is 3.02. The predicted octanol–water partition coefficient (Wildman–Crippen LogP) is 3.40. The van der Waals surface area contributed by atoms with E-state index in [0.717, 1.165) is 17.5 Å². The van der Waals surface area contributed by atoms with Crippen LogP contribution in [0.2, 0.25) is 0 Å². The molecule has 0 atom stereocenters. The van der Waals surface area contributed by atoms with E-state index in [0.29, 0.717) is 5.56 Å². The van der Waals surface area contributed by atoms with Gasteiger partial charge >= 0.3 is 0 Å². The molecule has 0 aliphatic rings. The van der Waals surface area contributed by atoms with Crippen molar-refractivity contribution in [2.24, 2.45) is 0 Å². The van der Waals surface area contributed by atoms with Crippen LogP contribution in [0.4, 0.5) is 8.78 Å². The molecule has 1 aromatic carbocycles. The summed E-state index contributed by atoms with van der Waals surface area (Å²) < 4.78 is 26.6. The van der Waals surface area contributed by atoms with E-state index in [-0.39, 0.29) is 17.8 Å². The molecule has 2 rings (SSSR count). The minimum Gasteiger partial charge on any atom is -0.294 e. The van der Waals surface area contributed by atoms with E-state index in [1.54, 1.807) is 26.0 Å². The first-order chi connectivity index (χ1) is 8.97. The Kier molecular flexibility index (Phi) is 3.69. The minimum absolute atomic E-state index is 0.0668. The third-order valence-corrected chi connectivity index (χ3v) is 2.79. The van der Waals surface area contributed by atoms with E-state index >= 15 is 0 Å². The summed E-state index contributed by atoms with van der Waals surface area (Å²) in [6.45, 7) is 3.57. The number of aromatic nitrogens is 1. The Morgan fingerprint density at radius 3 is 2.42 bits per heavy atom. The second-order valence-corrected chi connectivity index (χ2v) is 4.45. The van der Waals surface area contributed by atoms with Crippen LogP contribution < -0.4 is 0 Å². The molecule has 0 fully saturated rings. The molecule has 1 heterocycles. The normalized spacial score (nSPS) is 10.5. The number of hydrogen-bond acceptors (Lipinski definition) is 2. The zero-order valence-electron chi connectivity index (χ0n) is 10.7. The third-order valence-electron chi connectivity index (χ3n) is 2.79. The van der Waals surface area contributed by atoms with Crippen molar-refractivity contribution in [3.8, 4) is 0 Å². The van der Waals surface area contributed by atoms with Crippen LogP contribution in [0.15, 0.2) is 30.3 Å². The smallest absolute Gasteiger partial charge is 0.167 e. The lowest BCUT2D eigenvalue weighted by Gasteiger charge is -2.05. The molecule has 0 radical (unpaired) electrons. The van der Waals surface area contributed by atoms with Crippen LogP contribution in [0.5, 0.6) is 0 Å². The van der Waals surface area contributed by atoms with Gasteiger partial charge in [-0.2, -0.15) is 0 Å². The second kappa shape index (κ2) is 5.26. The summed E-state index contributed by atoms with van der Waals surface area (Å²) in [7, 11) is 0. The van der Waals surface area contributed by atoms with Gasteiger partial charge in [-0.3, -0.25) is 9.78 Å². The first-order valence-electron chi connectivity index (χ1n) is 5.89. The van der Waals surface area contributed by atoms with Crippen molar-refractivity contribution in [2.75, 3.05) is 0 Å². The molecule has 4 heteroatoms. The number of hydrogen-bond donors (Lipinski definition) is 0. The first kappa shape index (κ1) is 13.3. The fraction of sp³-hybridized carbons (Fsp3) is 0.200. The maximum Gasteiger partial charge on any atom is 0.167 e. The molecule has 2 nitrogen and oxygen atoms in total. The predicted molar refractivity (Wildman–Crippen MR) is 68.1 cm³/mol. The number of pyridine rings is 1. The van der Waals surface area contributed by atoms with Crippen LogP contribution in [0, 0.1) is 25.5 Å². The summed E-state index contributed by atoms with van der Waals surface area (Å²) in [5.41, 5.74) is 1.98. The standard InChI is InChI=1S/C15H13F2NO/c1-9-6-12(7-10(2)18-9)14(19)8-11-4-3-5-13(16)15(11)17/h3-7H,8H2,1-2H3. The average Bonchev–Trinajstić information content (AvgIpc) is 2.33. The number of benzene rings is 1. The van der Waals surface area contributed by atoms with Gasteiger partial charge in [-0.15, -0.1) is 0 Å². The zero-order valence-corrected chi connectivity index (χ0v) is 10.7. The van der Waals surface area contributed by atoms with Crippen molar-refractivity contribution in [2.45, 2.75) is 20.3 Å². The Morgan fingerprint density at radius 1 is 1.16 bits per heavy atom. The van der Waals surface area contributed by atoms with E-state index in [9.17, 15) is 13.6 Å². The molecular formula is C15H13F2NO. The monoisotopic (exact) mass is 261 g/mol. The fourth-order valence-corrected chi connectivity index (χ4v) is 1.96. The average molecular weight is 261 g/mol. The van der Waals surface area contributed by atoms with Crippen LogP contribution in [-0.4, -0.2) is 10.8 Å². The Labute approximate surface area is 110 Å². The summed E-state index contributed by atoms with van der Waals surface area (Å²) in [6.07, 6.45) is -0.160. The maximum atomic E-state index is 13.5. The number of ketones is 1. The SMILES string of the molecule is Cc1cc(C(=O)Cc2cccc(F)c2F)cc(C)n1. The Balaban J connectivity index is 2.28. The van der Waals surface area contributed by atoms with E-state index in [1.807, 2.05) is 0 Å². The molecular weight excluding hydrogens is 248 g/mol. The summed E-state index contributed by atoms with van der Waals surface area (Å²) in [6, 6.07) is 7.13. The molecule has 0 amide bonds. The highest BCUT2D eigenvalue weighted by molar-refractivity contribution is 5.97. The van der Waals surface area contributed by atoms with Crippen molar-refractivity contribution in [1.29, 1.82) is 0 Å². The number of carbonyl (C=O) groups is 1. The molecule has 0 spiro atoms. The number of halogens is 2. The molecule has 19 heavy (non-hydrogen) atoms. The van der Waals surface area contributed by atoms with E-state index in [2.05, 4.69) is 4.98 Å². The molecule has 2 aromatic rings. The molecule has 0 N–H and O–H groups in total. The minimum atomic E-state index is -0.960. The van der Waals surface area contributed by atoms with Crippen LogP contribution in [0.25, 0.3) is 0 Å². The topological polar surface area (TPSA) is 30.0 Å². The van der Waals surface area contributed by atoms with Crippen LogP contribution >= 0.6 is 0 Å². The first-order valence-corrected chi connectivity index (χ1v) is 5.89.